The van der Waals surface area contributed by atoms with Crippen molar-refractivity contribution >= 4 is 17.8 Å². The third kappa shape index (κ3) is 3.74. The van der Waals surface area contributed by atoms with Crippen molar-refractivity contribution in [1.82, 2.24) is 15.1 Å². The Balaban J connectivity index is 1.66. The van der Waals surface area contributed by atoms with Gasteiger partial charge in [-0.15, -0.1) is 0 Å². The third-order valence-corrected chi connectivity index (χ3v) is 4.49. The van der Waals surface area contributed by atoms with Gasteiger partial charge in [0.15, 0.2) is 0 Å². The summed E-state index contributed by atoms with van der Waals surface area (Å²) in [6, 6.07) is 14.6. The lowest BCUT2D eigenvalue weighted by Crippen LogP contribution is -2.30. The van der Waals surface area contributed by atoms with Crippen molar-refractivity contribution in [3.8, 4) is 0 Å². The summed E-state index contributed by atoms with van der Waals surface area (Å²) in [4.78, 5) is 38.7. The van der Waals surface area contributed by atoms with Gasteiger partial charge in [0.05, 0.1) is 13.1 Å². The zero-order chi connectivity index (χ0) is 18.7. The number of hydrogen-bond donors (Lipinski definition) is 1. The minimum Gasteiger partial charge on any atom is -0.337 e. The first-order chi connectivity index (χ1) is 12.5. The van der Waals surface area contributed by atoms with Gasteiger partial charge in [0.2, 0.25) is 5.91 Å². The number of urea groups is 1. The first-order valence-electron chi connectivity index (χ1n) is 8.43. The van der Waals surface area contributed by atoms with Gasteiger partial charge in [0, 0.05) is 19.2 Å². The van der Waals surface area contributed by atoms with Crippen LogP contribution < -0.4 is 5.32 Å². The number of amides is 4. The van der Waals surface area contributed by atoms with E-state index in [0.717, 1.165) is 16.7 Å². The van der Waals surface area contributed by atoms with Crippen LogP contribution in [0.25, 0.3) is 0 Å². The number of nitrogens with zero attached hydrogens (tertiary/aromatic N) is 2. The van der Waals surface area contributed by atoms with Crippen LogP contribution in [0, 0.1) is 6.92 Å². The van der Waals surface area contributed by atoms with Crippen LogP contribution in [0.15, 0.2) is 48.5 Å². The van der Waals surface area contributed by atoms with Crippen LogP contribution in [-0.2, 0) is 17.9 Å². The largest absolute Gasteiger partial charge is 0.337 e. The molecule has 0 unspecified atom stereocenters. The number of carbonyl (C=O) groups is 3. The second kappa shape index (κ2) is 7.39. The summed E-state index contributed by atoms with van der Waals surface area (Å²) in [7, 11) is 1.77. The molecule has 2 aromatic rings. The summed E-state index contributed by atoms with van der Waals surface area (Å²) >= 11 is 0. The van der Waals surface area contributed by atoms with Gasteiger partial charge in [-0.05, 0) is 35.7 Å². The highest BCUT2D eigenvalue weighted by molar-refractivity contribution is 6.01. The standard InChI is InChI=1S/C20H21N3O3/c1-14-5-3-4-6-17(14)13-22(2)19(25)16-9-7-15(8-10-16)12-23-18(24)11-21-20(23)26/h3-10H,11-13H2,1-2H3,(H,21,26). The lowest BCUT2D eigenvalue weighted by Gasteiger charge is -2.19. The molecule has 2 aromatic carbocycles. The molecule has 1 saturated heterocycles. The Hall–Kier alpha value is -3.15. The van der Waals surface area contributed by atoms with E-state index in [9.17, 15) is 14.4 Å². The molecule has 6 nitrogen and oxygen atoms in total. The smallest absolute Gasteiger partial charge is 0.324 e. The molecule has 0 atom stereocenters. The minimum absolute atomic E-state index is 0.0408. The van der Waals surface area contributed by atoms with E-state index in [1.807, 2.05) is 31.2 Å². The van der Waals surface area contributed by atoms with E-state index in [-0.39, 0.29) is 30.9 Å². The molecule has 0 bridgehead atoms. The summed E-state index contributed by atoms with van der Waals surface area (Å²) in [5.74, 6) is -0.317. The molecule has 0 radical (unpaired) electrons. The second-order valence-corrected chi connectivity index (χ2v) is 6.42. The number of imide groups is 1. The lowest BCUT2D eigenvalue weighted by molar-refractivity contribution is -0.125. The Bertz CT molecular complexity index is 830. The summed E-state index contributed by atoms with van der Waals surface area (Å²) in [5.41, 5.74) is 3.63. The van der Waals surface area contributed by atoms with Crippen LogP contribution in [0.5, 0.6) is 0 Å². The van der Waals surface area contributed by atoms with Crippen molar-refractivity contribution in [3.63, 3.8) is 0 Å². The van der Waals surface area contributed by atoms with E-state index >= 15 is 0 Å². The molecule has 134 valence electrons. The molecule has 6 heteroatoms. The zero-order valence-corrected chi connectivity index (χ0v) is 14.9. The molecule has 0 spiro atoms. The van der Waals surface area contributed by atoms with E-state index < -0.39 is 0 Å². The van der Waals surface area contributed by atoms with Crippen LogP contribution in [0.2, 0.25) is 0 Å². The highest BCUT2D eigenvalue weighted by atomic mass is 16.2. The maximum absolute atomic E-state index is 12.6. The molecular weight excluding hydrogens is 330 g/mol. The molecule has 1 heterocycles. The first kappa shape index (κ1) is 17.7. The number of carbonyl (C=O) groups excluding carboxylic acids is 3. The van der Waals surface area contributed by atoms with Gasteiger partial charge in [-0.3, -0.25) is 14.5 Å². The number of nitrogens with one attached hydrogen (secondary N) is 1. The Morgan fingerprint density at radius 1 is 1.12 bits per heavy atom. The van der Waals surface area contributed by atoms with Crippen molar-refractivity contribution < 1.29 is 14.4 Å². The summed E-state index contributed by atoms with van der Waals surface area (Å²) < 4.78 is 0. The summed E-state index contributed by atoms with van der Waals surface area (Å²) in [6.45, 7) is 2.81. The van der Waals surface area contributed by atoms with Gasteiger partial charge in [0.1, 0.15) is 0 Å². The monoisotopic (exact) mass is 351 g/mol. The number of rotatable bonds is 5. The van der Waals surface area contributed by atoms with Crippen molar-refractivity contribution in [2.24, 2.45) is 0 Å². The lowest BCUT2D eigenvalue weighted by atomic mass is 10.1. The highest BCUT2D eigenvalue weighted by Gasteiger charge is 2.28. The number of aryl methyl sites for hydroxylation is 1. The molecule has 0 aromatic heterocycles. The summed E-state index contributed by atoms with van der Waals surface area (Å²) in [5, 5.41) is 2.49. The van der Waals surface area contributed by atoms with Crippen LogP contribution in [0.4, 0.5) is 4.79 Å². The predicted molar refractivity (Wildman–Crippen MR) is 97.4 cm³/mol. The molecule has 1 fully saturated rings. The molecule has 3 rings (SSSR count). The van der Waals surface area contributed by atoms with Crippen molar-refractivity contribution in [1.29, 1.82) is 0 Å². The zero-order valence-electron chi connectivity index (χ0n) is 14.9. The van der Waals surface area contributed by atoms with E-state index in [1.165, 1.54) is 4.90 Å². The first-order valence-corrected chi connectivity index (χ1v) is 8.43. The van der Waals surface area contributed by atoms with Gasteiger partial charge in [0.25, 0.3) is 5.91 Å². The van der Waals surface area contributed by atoms with Gasteiger partial charge >= 0.3 is 6.03 Å². The minimum atomic E-state index is -0.381. The molecule has 1 aliphatic rings. The SMILES string of the molecule is Cc1ccccc1CN(C)C(=O)c1ccc(CN2C(=O)CNC2=O)cc1. The van der Waals surface area contributed by atoms with E-state index in [0.29, 0.717) is 12.1 Å². The second-order valence-electron chi connectivity index (χ2n) is 6.42. The quantitative estimate of drug-likeness (QED) is 0.841. The van der Waals surface area contributed by atoms with Crippen molar-refractivity contribution in [2.45, 2.75) is 20.0 Å². The number of benzene rings is 2. The van der Waals surface area contributed by atoms with Gasteiger partial charge < -0.3 is 10.2 Å². The highest BCUT2D eigenvalue weighted by Crippen LogP contribution is 2.14. The molecule has 1 aliphatic heterocycles. The maximum Gasteiger partial charge on any atom is 0.324 e. The van der Waals surface area contributed by atoms with Gasteiger partial charge in [-0.1, -0.05) is 36.4 Å². The molecule has 26 heavy (non-hydrogen) atoms. The van der Waals surface area contributed by atoms with Crippen LogP contribution in [0.1, 0.15) is 27.0 Å². The normalized spacial score (nSPS) is 13.7. The van der Waals surface area contributed by atoms with E-state index in [4.69, 9.17) is 0 Å². The average molecular weight is 351 g/mol. The Labute approximate surface area is 152 Å². The predicted octanol–water partition coefficient (Wildman–Crippen LogP) is 2.32. The topological polar surface area (TPSA) is 69.7 Å². The fourth-order valence-electron chi connectivity index (χ4n) is 2.89. The maximum atomic E-state index is 12.6. The molecular formula is C20H21N3O3. The fourth-order valence-corrected chi connectivity index (χ4v) is 2.89. The van der Waals surface area contributed by atoms with Crippen molar-refractivity contribution in [3.05, 3.63) is 70.8 Å². The van der Waals surface area contributed by atoms with Crippen LogP contribution >= 0.6 is 0 Å². The molecule has 1 N–H and O–H groups in total. The number of hydrogen-bond acceptors (Lipinski definition) is 3. The third-order valence-electron chi connectivity index (χ3n) is 4.49. The van der Waals surface area contributed by atoms with Crippen LogP contribution in [0.3, 0.4) is 0 Å². The van der Waals surface area contributed by atoms with Crippen LogP contribution in [-0.4, -0.2) is 41.2 Å². The van der Waals surface area contributed by atoms with Gasteiger partial charge in [-0.2, -0.15) is 0 Å². The van der Waals surface area contributed by atoms with Crippen molar-refractivity contribution in [2.75, 3.05) is 13.6 Å². The molecule has 4 amide bonds. The Morgan fingerprint density at radius 2 is 1.81 bits per heavy atom. The fraction of sp³-hybridized carbons (Fsp3) is 0.250. The Morgan fingerprint density at radius 3 is 2.42 bits per heavy atom. The molecule has 0 aliphatic carbocycles. The average Bonchev–Trinajstić information content (AvgIpc) is 2.95. The molecule has 0 saturated carbocycles. The van der Waals surface area contributed by atoms with Gasteiger partial charge in [-0.25, -0.2) is 4.79 Å². The van der Waals surface area contributed by atoms with E-state index in [2.05, 4.69) is 5.32 Å². The Kier molecular flexibility index (Phi) is 5.02. The summed E-state index contributed by atoms with van der Waals surface area (Å²) in [6.07, 6.45) is 0. The van der Waals surface area contributed by atoms with E-state index in [1.54, 1.807) is 36.2 Å².